The third kappa shape index (κ3) is 3.02. The molecule has 0 spiro atoms. The monoisotopic (exact) mass is 319 g/mol. The van der Waals surface area contributed by atoms with Crippen LogP contribution >= 0.6 is 39.9 Å². The van der Waals surface area contributed by atoms with Crippen molar-refractivity contribution in [2.45, 2.75) is 25.8 Å². The van der Waals surface area contributed by atoms with Crippen molar-refractivity contribution in [1.29, 1.82) is 0 Å². The van der Waals surface area contributed by atoms with Crippen LogP contribution in [0.25, 0.3) is 0 Å². The van der Waals surface area contributed by atoms with Gasteiger partial charge in [-0.15, -0.1) is 11.3 Å². The molecule has 0 aliphatic heterocycles. The first-order valence-corrected chi connectivity index (χ1v) is 7.55. The Hall–Kier alpha value is -0.000000000000000111. The van der Waals surface area contributed by atoms with Crippen LogP contribution in [-0.2, 0) is 11.3 Å². The SMILES string of the molecule is O=C(CC1(CS)CC1)NCc1sccc1Br. The van der Waals surface area contributed by atoms with Crippen molar-refractivity contribution in [2.24, 2.45) is 5.41 Å². The fourth-order valence-electron chi connectivity index (χ4n) is 1.60. The van der Waals surface area contributed by atoms with E-state index in [1.165, 1.54) is 4.88 Å². The molecule has 1 aliphatic carbocycles. The molecule has 1 aliphatic rings. The van der Waals surface area contributed by atoms with Gasteiger partial charge in [-0.1, -0.05) is 0 Å². The molecule has 2 rings (SSSR count). The maximum absolute atomic E-state index is 11.7. The normalized spacial score (nSPS) is 17.1. The minimum Gasteiger partial charge on any atom is -0.351 e. The van der Waals surface area contributed by atoms with E-state index in [1.807, 2.05) is 11.4 Å². The molecule has 0 bridgehead atoms. The van der Waals surface area contributed by atoms with Crippen molar-refractivity contribution in [3.8, 4) is 0 Å². The molecule has 16 heavy (non-hydrogen) atoms. The summed E-state index contributed by atoms with van der Waals surface area (Å²) < 4.78 is 1.08. The quantitative estimate of drug-likeness (QED) is 0.802. The number of thiol groups is 1. The van der Waals surface area contributed by atoms with Gasteiger partial charge in [-0.2, -0.15) is 12.6 Å². The molecule has 0 atom stereocenters. The van der Waals surface area contributed by atoms with Crippen LogP contribution in [0.15, 0.2) is 15.9 Å². The van der Waals surface area contributed by atoms with Crippen LogP contribution in [0.3, 0.4) is 0 Å². The molecule has 0 radical (unpaired) electrons. The zero-order chi connectivity index (χ0) is 11.6. The predicted molar refractivity (Wildman–Crippen MR) is 74.0 cm³/mol. The number of nitrogens with one attached hydrogen (secondary N) is 1. The van der Waals surface area contributed by atoms with Crippen molar-refractivity contribution in [1.82, 2.24) is 5.32 Å². The summed E-state index contributed by atoms with van der Waals surface area (Å²) in [6.07, 6.45) is 2.92. The fraction of sp³-hybridized carbons (Fsp3) is 0.545. The van der Waals surface area contributed by atoms with Crippen LogP contribution in [-0.4, -0.2) is 11.7 Å². The molecular formula is C11H14BrNOS2. The first-order valence-electron chi connectivity index (χ1n) is 5.25. The van der Waals surface area contributed by atoms with Crippen molar-refractivity contribution in [2.75, 3.05) is 5.75 Å². The smallest absolute Gasteiger partial charge is 0.220 e. The number of hydrogen-bond donors (Lipinski definition) is 2. The van der Waals surface area contributed by atoms with E-state index in [9.17, 15) is 4.79 Å². The largest absolute Gasteiger partial charge is 0.351 e. The van der Waals surface area contributed by atoms with Crippen molar-refractivity contribution in [3.63, 3.8) is 0 Å². The van der Waals surface area contributed by atoms with Crippen LogP contribution in [0.5, 0.6) is 0 Å². The Balaban J connectivity index is 1.78. The summed E-state index contributed by atoms with van der Waals surface area (Å²) in [5.41, 5.74) is 0.208. The van der Waals surface area contributed by atoms with Gasteiger partial charge in [-0.3, -0.25) is 4.79 Å². The fourth-order valence-corrected chi connectivity index (χ4v) is 3.46. The van der Waals surface area contributed by atoms with E-state index in [0.29, 0.717) is 13.0 Å². The first kappa shape index (κ1) is 12.5. The van der Waals surface area contributed by atoms with E-state index < -0.39 is 0 Å². The van der Waals surface area contributed by atoms with Gasteiger partial charge in [0, 0.05) is 15.8 Å². The topological polar surface area (TPSA) is 29.1 Å². The molecule has 0 saturated heterocycles. The second-order valence-electron chi connectivity index (χ2n) is 4.30. The molecule has 2 nitrogen and oxygen atoms in total. The van der Waals surface area contributed by atoms with Gasteiger partial charge in [-0.05, 0) is 51.4 Å². The van der Waals surface area contributed by atoms with E-state index in [2.05, 4.69) is 33.9 Å². The van der Waals surface area contributed by atoms with Gasteiger partial charge in [-0.25, -0.2) is 0 Å². The van der Waals surface area contributed by atoms with Crippen LogP contribution < -0.4 is 5.32 Å². The number of carbonyl (C=O) groups is 1. The number of thiophene rings is 1. The molecular weight excluding hydrogens is 306 g/mol. The highest BCUT2D eigenvalue weighted by atomic mass is 79.9. The molecule has 1 aromatic rings. The summed E-state index contributed by atoms with van der Waals surface area (Å²) in [5.74, 6) is 0.968. The molecule has 1 N–H and O–H groups in total. The van der Waals surface area contributed by atoms with Gasteiger partial charge < -0.3 is 5.32 Å². The lowest BCUT2D eigenvalue weighted by atomic mass is 10.1. The van der Waals surface area contributed by atoms with E-state index >= 15 is 0 Å². The molecule has 88 valence electrons. The number of hydrogen-bond acceptors (Lipinski definition) is 3. The Bertz CT molecular complexity index is 387. The Labute approximate surface area is 113 Å². The lowest BCUT2D eigenvalue weighted by Crippen LogP contribution is -2.26. The first-order chi connectivity index (χ1) is 7.65. The van der Waals surface area contributed by atoms with E-state index in [1.54, 1.807) is 11.3 Å². The van der Waals surface area contributed by atoms with Crippen LogP contribution in [0.4, 0.5) is 0 Å². The van der Waals surface area contributed by atoms with Crippen LogP contribution in [0.2, 0.25) is 0 Å². The maximum atomic E-state index is 11.7. The Kier molecular flexibility index (Phi) is 3.97. The molecule has 0 aromatic carbocycles. The van der Waals surface area contributed by atoms with Gasteiger partial charge in [0.15, 0.2) is 0 Å². The summed E-state index contributed by atoms with van der Waals surface area (Å²) in [6.45, 7) is 0.625. The minimum absolute atomic E-state index is 0.145. The zero-order valence-electron chi connectivity index (χ0n) is 8.83. The summed E-state index contributed by atoms with van der Waals surface area (Å²) >= 11 is 9.40. The van der Waals surface area contributed by atoms with E-state index in [-0.39, 0.29) is 11.3 Å². The number of amides is 1. The Morgan fingerprint density at radius 1 is 1.62 bits per heavy atom. The maximum Gasteiger partial charge on any atom is 0.220 e. The predicted octanol–water partition coefficient (Wildman–Crippen LogP) is 3.23. The minimum atomic E-state index is 0.145. The van der Waals surface area contributed by atoms with Crippen LogP contribution in [0.1, 0.15) is 24.1 Å². The zero-order valence-corrected chi connectivity index (χ0v) is 12.1. The molecule has 1 amide bonds. The summed E-state index contributed by atoms with van der Waals surface area (Å²) in [4.78, 5) is 12.9. The third-order valence-corrected chi connectivity index (χ3v) is 5.56. The summed E-state index contributed by atoms with van der Waals surface area (Å²) in [5, 5.41) is 4.98. The Morgan fingerprint density at radius 3 is 2.88 bits per heavy atom. The molecule has 1 saturated carbocycles. The third-order valence-electron chi connectivity index (χ3n) is 2.97. The second kappa shape index (κ2) is 5.10. The average Bonchev–Trinajstić information content (AvgIpc) is 2.92. The standard InChI is InChI=1S/C11H14BrNOS2/c12-8-1-4-16-9(8)6-13-10(14)5-11(7-15)2-3-11/h1,4,15H,2-3,5-7H2,(H,13,14). The second-order valence-corrected chi connectivity index (χ2v) is 6.47. The summed E-state index contributed by atoms with van der Waals surface area (Å²) in [7, 11) is 0. The molecule has 1 aromatic heterocycles. The molecule has 1 fully saturated rings. The highest BCUT2D eigenvalue weighted by molar-refractivity contribution is 9.10. The van der Waals surface area contributed by atoms with Crippen molar-refractivity contribution >= 4 is 45.8 Å². The van der Waals surface area contributed by atoms with Gasteiger partial charge in [0.05, 0.1) is 6.54 Å². The Morgan fingerprint density at radius 2 is 2.38 bits per heavy atom. The lowest BCUT2D eigenvalue weighted by Gasteiger charge is -2.11. The van der Waals surface area contributed by atoms with Gasteiger partial charge >= 0.3 is 0 Å². The number of halogens is 1. The van der Waals surface area contributed by atoms with Crippen LogP contribution in [0, 0.1) is 5.41 Å². The number of carbonyl (C=O) groups excluding carboxylic acids is 1. The number of rotatable bonds is 5. The molecule has 1 heterocycles. The molecule has 5 heteroatoms. The van der Waals surface area contributed by atoms with E-state index in [4.69, 9.17) is 0 Å². The van der Waals surface area contributed by atoms with E-state index in [0.717, 1.165) is 23.1 Å². The van der Waals surface area contributed by atoms with Gasteiger partial charge in [0.25, 0.3) is 0 Å². The highest BCUT2D eigenvalue weighted by Crippen LogP contribution is 2.49. The van der Waals surface area contributed by atoms with Gasteiger partial charge in [0.2, 0.25) is 5.91 Å². The van der Waals surface area contributed by atoms with Gasteiger partial charge in [0.1, 0.15) is 0 Å². The van der Waals surface area contributed by atoms with Crippen molar-refractivity contribution < 1.29 is 4.79 Å². The highest BCUT2D eigenvalue weighted by Gasteiger charge is 2.42. The molecule has 0 unspecified atom stereocenters. The van der Waals surface area contributed by atoms with Crippen molar-refractivity contribution in [3.05, 3.63) is 20.8 Å². The average molecular weight is 320 g/mol. The lowest BCUT2D eigenvalue weighted by molar-refractivity contribution is -0.122. The summed E-state index contributed by atoms with van der Waals surface area (Å²) in [6, 6.07) is 2.00.